The minimum atomic E-state index is -1.11. The summed E-state index contributed by atoms with van der Waals surface area (Å²) in [5.41, 5.74) is 2.28. The first-order chi connectivity index (χ1) is 10.1. The van der Waals surface area contributed by atoms with Crippen LogP contribution in [-0.4, -0.2) is 42.6 Å². The van der Waals surface area contributed by atoms with Crippen molar-refractivity contribution in [2.45, 2.75) is 5.75 Å². The van der Waals surface area contributed by atoms with E-state index in [1.807, 2.05) is 24.3 Å². The van der Waals surface area contributed by atoms with Crippen molar-refractivity contribution < 1.29 is 24.2 Å². The van der Waals surface area contributed by atoms with Crippen molar-refractivity contribution in [3.05, 3.63) is 42.0 Å². The fraction of sp³-hybridized carbons (Fsp3) is 0.333. The number of carbonyl (C=O) groups is 2. The van der Waals surface area contributed by atoms with Gasteiger partial charge in [0.25, 0.3) is 0 Å². The van der Waals surface area contributed by atoms with E-state index < -0.39 is 18.5 Å². The second-order valence-corrected chi connectivity index (χ2v) is 5.21. The van der Waals surface area contributed by atoms with Crippen LogP contribution in [0.15, 0.2) is 30.8 Å². The Morgan fingerprint density at radius 2 is 1.95 bits per heavy atom. The number of esters is 1. The Morgan fingerprint density at radius 1 is 1.24 bits per heavy atom. The van der Waals surface area contributed by atoms with Crippen LogP contribution in [0.5, 0.6) is 0 Å². The molecule has 1 aromatic rings. The lowest BCUT2D eigenvalue weighted by molar-refractivity contribution is -0.152. The zero-order valence-electron chi connectivity index (χ0n) is 11.6. The van der Waals surface area contributed by atoms with E-state index in [0.717, 1.165) is 11.3 Å². The molecule has 0 aliphatic carbocycles. The number of ether oxygens (including phenoxy) is 2. The van der Waals surface area contributed by atoms with E-state index in [4.69, 9.17) is 9.84 Å². The Morgan fingerprint density at radius 3 is 2.57 bits per heavy atom. The highest BCUT2D eigenvalue weighted by Crippen LogP contribution is 2.13. The summed E-state index contributed by atoms with van der Waals surface area (Å²) in [6, 6.07) is 8.08. The first-order valence-corrected chi connectivity index (χ1v) is 7.51. The van der Waals surface area contributed by atoms with Gasteiger partial charge >= 0.3 is 11.9 Å². The van der Waals surface area contributed by atoms with Gasteiger partial charge in [-0.3, -0.25) is 0 Å². The molecule has 1 N–H and O–H groups in total. The van der Waals surface area contributed by atoms with E-state index in [2.05, 4.69) is 11.3 Å². The number of hydrogen-bond acceptors (Lipinski definition) is 5. The van der Waals surface area contributed by atoms with Crippen molar-refractivity contribution in [2.75, 3.05) is 25.6 Å². The van der Waals surface area contributed by atoms with Crippen LogP contribution in [0.1, 0.15) is 11.1 Å². The third-order valence-corrected chi connectivity index (χ3v) is 3.41. The average Bonchev–Trinajstić information content (AvgIpc) is 2.47. The van der Waals surface area contributed by atoms with Crippen LogP contribution in [-0.2, 0) is 24.8 Å². The minimum Gasteiger partial charge on any atom is -0.480 e. The third-order valence-electron chi connectivity index (χ3n) is 2.42. The van der Waals surface area contributed by atoms with Gasteiger partial charge in [-0.2, -0.15) is 11.8 Å². The van der Waals surface area contributed by atoms with E-state index in [0.29, 0.717) is 5.75 Å². The molecule has 6 heteroatoms. The molecule has 0 saturated carbocycles. The number of carbonyl (C=O) groups excluding carboxylic acids is 1. The van der Waals surface area contributed by atoms with Crippen molar-refractivity contribution in [2.24, 2.45) is 0 Å². The molecular weight excluding hydrogens is 292 g/mol. The molecule has 114 valence electrons. The van der Waals surface area contributed by atoms with Gasteiger partial charge in [0.2, 0.25) is 0 Å². The lowest BCUT2D eigenvalue weighted by Gasteiger charge is -2.05. The lowest BCUT2D eigenvalue weighted by Crippen LogP contribution is -2.17. The molecule has 0 aliphatic heterocycles. The van der Waals surface area contributed by atoms with Gasteiger partial charge < -0.3 is 14.6 Å². The number of hydrogen-bond donors (Lipinski definition) is 1. The molecule has 0 fully saturated rings. The molecule has 0 aliphatic rings. The van der Waals surface area contributed by atoms with Crippen LogP contribution in [0.4, 0.5) is 0 Å². The molecular formula is C15H18O5S. The zero-order chi connectivity index (χ0) is 15.5. The summed E-state index contributed by atoms with van der Waals surface area (Å²) in [6.07, 6.45) is 1.79. The monoisotopic (exact) mass is 310 g/mol. The first-order valence-electron chi connectivity index (χ1n) is 6.36. The van der Waals surface area contributed by atoms with Gasteiger partial charge in [0, 0.05) is 11.5 Å². The zero-order valence-corrected chi connectivity index (χ0v) is 12.4. The van der Waals surface area contributed by atoms with E-state index >= 15 is 0 Å². The van der Waals surface area contributed by atoms with Gasteiger partial charge in [0.1, 0.15) is 19.8 Å². The summed E-state index contributed by atoms with van der Waals surface area (Å²) in [4.78, 5) is 21.3. The van der Waals surface area contributed by atoms with Crippen molar-refractivity contribution in [3.8, 4) is 0 Å². The molecule has 0 amide bonds. The number of rotatable bonds is 10. The normalized spacial score (nSPS) is 10.1. The summed E-state index contributed by atoms with van der Waals surface area (Å²) in [5.74, 6) is -0.147. The van der Waals surface area contributed by atoms with Gasteiger partial charge in [0.05, 0.1) is 0 Å². The Bertz CT molecular complexity index is 469. The number of carboxylic acids is 1. The van der Waals surface area contributed by atoms with Crippen molar-refractivity contribution in [1.82, 2.24) is 0 Å². The van der Waals surface area contributed by atoms with Crippen LogP contribution in [0.2, 0.25) is 0 Å². The first kappa shape index (κ1) is 17.3. The smallest absolute Gasteiger partial charge is 0.332 e. The van der Waals surface area contributed by atoms with Crippen molar-refractivity contribution in [1.29, 1.82) is 0 Å². The van der Waals surface area contributed by atoms with Crippen LogP contribution in [0, 0.1) is 0 Å². The Hall–Kier alpha value is -1.79. The summed E-state index contributed by atoms with van der Waals surface area (Å²) in [5, 5.41) is 8.33. The van der Waals surface area contributed by atoms with E-state index in [1.165, 1.54) is 5.56 Å². The molecule has 0 aromatic heterocycles. The maximum Gasteiger partial charge on any atom is 0.332 e. The van der Waals surface area contributed by atoms with Gasteiger partial charge in [0.15, 0.2) is 0 Å². The van der Waals surface area contributed by atoms with Crippen LogP contribution < -0.4 is 0 Å². The van der Waals surface area contributed by atoms with Crippen LogP contribution in [0.25, 0.3) is 6.08 Å². The molecule has 1 aromatic carbocycles. The molecule has 5 nitrogen and oxygen atoms in total. The van der Waals surface area contributed by atoms with Crippen LogP contribution in [0.3, 0.4) is 0 Å². The second kappa shape index (κ2) is 10.0. The SMILES string of the molecule is C=Cc1ccc(CSCCOC(=O)COCC(=O)O)cc1. The largest absolute Gasteiger partial charge is 0.480 e. The highest BCUT2D eigenvalue weighted by atomic mass is 32.2. The third kappa shape index (κ3) is 8.16. The predicted octanol–water partition coefficient (Wildman–Crippen LogP) is 2.21. The topological polar surface area (TPSA) is 72.8 Å². The molecule has 0 bridgehead atoms. The molecule has 1 rings (SSSR count). The maximum atomic E-state index is 11.2. The van der Waals surface area contributed by atoms with E-state index in [9.17, 15) is 9.59 Å². The summed E-state index contributed by atoms with van der Waals surface area (Å²) < 4.78 is 9.52. The van der Waals surface area contributed by atoms with Gasteiger partial charge in [-0.15, -0.1) is 0 Å². The molecule has 0 spiro atoms. The summed E-state index contributed by atoms with van der Waals surface area (Å²) >= 11 is 1.65. The molecule has 0 saturated heterocycles. The van der Waals surface area contributed by atoms with Crippen molar-refractivity contribution >= 4 is 29.8 Å². The van der Waals surface area contributed by atoms with Gasteiger partial charge in [-0.1, -0.05) is 36.9 Å². The summed E-state index contributed by atoms with van der Waals surface area (Å²) in [7, 11) is 0. The molecule has 21 heavy (non-hydrogen) atoms. The predicted molar refractivity (Wildman–Crippen MR) is 82.1 cm³/mol. The van der Waals surface area contributed by atoms with Gasteiger partial charge in [-0.05, 0) is 11.1 Å². The number of aliphatic carboxylic acids is 1. The molecule has 0 heterocycles. The number of benzene rings is 1. The Balaban J connectivity index is 2.06. The van der Waals surface area contributed by atoms with Crippen LogP contribution >= 0.6 is 11.8 Å². The molecule has 0 radical (unpaired) electrons. The number of carboxylic acid groups (broad SMARTS) is 1. The number of thioether (sulfide) groups is 1. The molecule has 0 unspecified atom stereocenters. The van der Waals surface area contributed by atoms with E-state index in [-0.39, 0.29) is 13.2 Å². The fourth-order valence-corrected chi connectivity index (χ4v) is 2.19. The second-order valence-electron chi connectivity index (χ2n) is 4.11. The highest BCUT2D eigenvalue weighted by Gasteiger charge is 2.04. The Kier molecular flexibility index (Phi) is 8.23. The highest BCUT2D eigenvalue weighted by molar-refractivity contribution is 7.98. The van der Waals surface area contributed by atoms with Crippen molar-refractivity contribution in [3.63, 3.8) is 0 Å². The van der Waals surface area contributed by atoms with Gasteiger partial charge in [-0.25, -0.2) is 9.59 Å². The Labute approximate surface area is 127 Å². The van der Waals surface area contributed by atoms with E-state index in [1.54, 1.807) is 17.8 Å². The lowest BCUT2D eigenvalue weighted by atomic mass is 10.1. The quantitative estimate of drug-likeness (QED) is 0.527. The standard InChI is InChI=1S/C15H18O5S/c1-2-12-3-5-13(6-4-12)11-21-8-7-20-15(18)10-19-9-14(16)17/h2-6H,1,7-11H2,(H,16,17). The summed E-state index contributed by atoms with van der Waals surface area (Å²) in [6.45, 7) is 3.15. The fourth-order valence-electron chi connectivity index (χ4n) is 1.42. The average molecular weight is 310 g/mol. The molecule has 0 atom stereocenters. The minimum absolute atomic E-state index is 0.282. The maximum absolute atomic E-state index is 11.2.